The molecule has 1 unspecified atom stereocenters. The van der Waals surface area contributed by atoms with Crippen LogP contribution in [0.2, 0.25) is 0 Å². The molecule has 0 saturated carbocycles. The molecule has 0 radical (unpaired) electrons. The molecule has 2 heterocycles. The highest BCUT2D eigenvalue weighted by Crippen LogP contribution is 2.35. The molecule has 8 heteroatoms. The molecule has 0 N–H and O–H groups in total. The molecule has 8 nitrogen and oxygen atoms in total. The standard InChI is InChI=1S/C24H27N3O5/c1-15(2)14-31-19-7-5-16(6-8-19)23-25-24(32-26-23)17-9-22(28)27(13-17)18-10-20(29-3)12-21(11-18)30-4/h5-8,10-12,15,17H,9,13-14H2,1-4H3. The van der Waals surface area contributed by atoms with E-state index in [0.717, 1.165) is 11.3 Å². The number of hydrogen-bond donors (Lipinski definition) is 0. The van der Waals surface area contributed by atoms with Crippen molar-refractivity contribution in [1.82, 2.24) is 10.1 Å². The number of benzene rings is 2. The lowest BCUT2D eigenvalue weighted by atomic mass is 10.1. The number of rotatable bonds is 8. The molecule has 1 saturated heterocycles. The number of ether oxygens (including phenoxy) is 3. The Hall–Kier alpha value is -3.55. The van der Waals surface area contributed by atoms with Crippen LogP contribution in [0.1, 0.15) is 32.1 Å². The number of aromatic nitrogens is 2. The maximum absolute atomic E-state index is 12.7. The van der Waals surface area contributed by atoms with E-state index in [1.807, 2.05) is 36.4 Å². The van der Waals surface area contributed by atoms with Crippen LogP contribution in [0, 0.1) is 5.92 Å². The summed E-state index contributed by atoms with van der Waals surface area (Å²) in [4.78, 5) is 19.0. The maximum Gasteiger partial charge on any atom is 0.232 e. The zero-order valence-corrected chi connectivity index (χ0v) is 18.7. The SMILES string of the molecule is COc1cc(OC)cc(N2CC(c3nc(-c4ccc(OCC(C)C)cc4)no3)CC2=O)c1. The first-order chi connectivity index (χ1) is 15.5. The third-order valence-corrected chi connectivity index (χ3v) is 5.26. The third kappa shape index (κ3) is 4.69. The van der Waals surface area contributed by atoms with Crippen molar-refractivity contribution in [1.29, 1.82) is 0 Å². The van der Waals surface area contributed by atoms with Gasteiger partial charge >= 0.3 is 0 Å². The largest absolute Gasteiger partial charge is 0.497 e. The molecule has 0 bridgehead atoms. The zero-order valence-electron chi connectivity index (χ0n) is 18.7. The van der Waals surface area contributed by atoms with Gasteiger partial charge in [0.2, 0.25) is 17.6 Å². The normalized spacial score (nSPS) is 16.0. The summed E-state index contributed by atoms with van der Waals surface area (Å²) < 4.78 is 21.9. The zero-order chi connectivity index (χ0) is 22.7. The van der Waals surface area contributed by atoms with Gasteiger partial charge in [-0.05, 0) is 30.2 Å². The van der Waals surface area contributed by atoms with Crippen molar-refractivity contribution < 1.29 is 23.5 Å². The predicted molar refractivity (Wildman–Crippen MR) is 119 cm³/mol. The van der Waals surface area contributed by atoms with Crippen LogP contribution in [0.25, 0.3) is 11.4 Å². The smallest absolute Gasteiger partial charge is 0.232 e. The Bertz CT molecular complexity index is 1060. The van der Waals surface area contributed by atoms with E-state index in [2.05, 4.69) is 24.0 Å². The van der Waals surface area contributed by atoms with Gasteiger partial charge in [0, 0.05) is 36.7 Å². The van der Waals surface area contributed by atoms with E-state index in [1.54, 1.807) is 25.2 Å². The van der Waals surface area contributed by atoms with Crippen molar-refractivity contribution in [3.8, 4) is 28.6 Å². The van der Waals surface area contributed by atoms with Crippen molar-refractivity contribution in [3.05, 3.63) is 48.4 Å². The molecule has 2 aromatic carbocycles. The first-order valence-corrected chi connectivity index (χ1v) is 10.6. The van der Waals surface area contributed by atoms with Gasteiger partial charge in [-0.15, -0.1) is 0 Å². The predicted octanol–water partition coefficient (Wildman–Crippen LogP) is 4.31. The fourth-order valence-corrected chi connectivity index (χ4v) is 3.55. The fourth-order valence-electron chi connectivity index (χ4n) is 3.55. The van der Waals surface area contributed by atoms with Gasteiger partial charge in [-0.2, -0.15) is 4.98 Å². The van der Waals surface area contributed by atoms with Gasteiger partial charge < -0.3 is 23.6 Å². The Balaban J connectivity index is 1.48. The van der Waals surface area contributed by atoms with Crippen LogP contribution in [0.3, 0.4) is 0 Å². The average molecular weight is 437 g/mol. The number of amides is 1. The Labute approximate surface area is 187 Å². The van der Waals surface area contributed by atoms with Crippen LogP contribution in [-0.4, -0.2) is 43.4 Å². The molecule has 1 aliphatic heterocycles. The second-order valence-corrected chi connectivity index (χ2v) is 8.16. The molecule has 1 aliphatic rings. The van der Waals surface area contributed by atoms with E-state index in [0.29, 0.717) is 54.4 Å². The summed E-state index contributed by atoms with van der Waals surface area (Å²) in [5, 5.41) is 4.12. The van der Waals surface area contributed by atoms with Gasteiger partial charge in [0.15, 0.2) is 0 Å². The van der Waals surface area contributed by atoms with Gasteiger partial charge in [-0.3, -0.25) is 4.79 Å². The van der Waals surface area contributed by atoms with E-state index >= 15 is 0 Å². The molecular formula is C24H27N3O5. The van der Waals surface area contributed by atoms with E-state index < -0.39 is 0 Å². The first kappa shape index (κ1) is 21.7. The van der Waals surface area contributed by atoms with Crippen LogP contribution < -0.4 is 19.1 Å². The molecule has 168 valence electrons. The topological polar surface area (TPSA) is 86.9 Å². The van der Waals surface area contributed by atoms with Crippen molar-refractivity contribution >= 4 is 11.6 Å². The van der Waals surface area contributed by atoms with Gasteiger partial charge in [0.1, 0.15) is 17.2 Å². The monoisotopic (exact) mass is 437 g/mol. The Morgan fingerprint density at radius 2 is 1.75 bits per heavy atom. The van der Waals surface area contributed by atoms with Crippen molar-refractivity contribution in [2.24, 2.45) is 5.92 Å². The number of hydrogen-bond acceptors (Lipinski definition) is 7. The molecule has 32 heavy (non-hydrogen) atoms. The molecule has 1 amide bonds. The Kier molecular flexibility index (Phi) is 6.30. The molecule has 4 rings (SSSR count). The van der Waals surface area contributed by atoms with Crippen molar-refractivity contribution in [2.45, 2.75) is 26.2 Å². The quantitative estimate of drug-likeness (QED) is 0.519. The van der Waals surface area contributed by atoms with E-state index in [-0.39, 0.29) is 11.8 Å². The van der Waals surface area contributed by atoms with E-state index in [4.69, 9.17) is 18.7 Å². The lowest BCUT2D eigenvalue weighted by Crippen LogP contribution is -2.24. The summed E-state index contributed by atoms with van der Waals surface area (Å²) in [5.74, 6) is 3.24. The number of nitrogens with zero attached hydrogens (tertiary/aromatic N) is 3. The van der Waals surface area contributed by atoms with Gasteiger partial charge in [-0.25, -0.2) is 0 Å². The van der Waals surface area contributed by atoms with Gasteiger partial charge in [-0.1, -0.05) is 19.0 Å². The molecule has 3 aromatic rings. The molecular weight excluding hydrogens is 410 g/mol. The third-order valence-electron chi connectivity index (χ3n) is 5.26. The minimum Gasteiger partial charge on any atom is -0.497 e. The van der Waals surface area contributed by atoms with Gasteiger partial charge in [0.25, 0.3) is 0 Å². The minimum atomic E-state index is -0.186. The summed E-state index contributed by atoms with van der Waals surface area (Å²) in [6.07, 6.45) is 0.295. The van der Waals surface area contributed by atoms with Crippen LogP contribution >= 0.6 is 0 Å². The molecule has 1 aromatic heterocycles. The number of methoxy groups -OCH3 is 2. The lowest BCUT2D eigenvalue weighted by Gasteiger charge is -2.18. The molecule has 1 fully saturated rings. The summed E-state index contributed by atoms with van der Waals surface area (Å²) in [6.45, 7) is 5.32. The highest BCUT2D eigenvalue weighted by atomic mass is 16.5. The number of anilines is 1. The van der Waals surface area contributed by atoms with Crippen LogP contribution in [0.5, 0.6) is 17.2 Å². The van der Waals surface area contributed by atoms with E-state index in [9.17, 15) is 4.79 Å². The Morgan fingerprint density at radius 3 is 2.38 bits per heavy atom. The Morgan fingerprint density at radius 1 is 1.06 bits per heavy atom. The summed E-state index contributed by atoms with van der Waals surface area (Å²) >= 11 is 0. The van der Waals surface area contributed by atoms with E-state index in [1.165, 1.54) is 0 Å². The molecule has 0 spiro atoms. The summed E-state index contributed by atoms with van der Waals surface area (Å²) in [7, 11) is 3.16. The van der Waals surface area contributed by atoms with Crippen molar-refractivity contribution in [3.63, 3.8) is 0 Å². The fraction of sp³-hybridized carbons (Fsp3) is 0.375. The van der Waals surface area contributed by atoms with Crippen LogP contribution in [0.4, 0.5) is 5.69 Å². The molecule has 1 atom stereocenters. The first-order valence-electron chi connectivity index (χ1n) is 10.6. The minimum absolute atomic E-state index is 0.0169. The molecule has 0 aliphatic carbocycles. The second kappa shape index (κ2) is 9.30. The van der Waals surface area contributed by atoms with Crippen LogP contribution in [-0.2, 0) is 4.79 Å². The second-order valence-electron chi connectivity index (χ2n) is 8.16. The average Bonchev–Trinajstić information content (AvgIpc) is 3.44. The highest BCUT2D eigenvalue weighted by molar-refractivity contribution is 5.96. The van der Waals surface area contributed by atoms with Gasteiger partial charge in [0.05, 0.1) is 32.4 Å². The summed E-state index contributed by atoms with van der Waals surface area (Å²) in [6, 6.07) is 13.0. The lowest BCUT2D eigenvalue weighted by molar-refractivity contribution is -0.117. The number of carbonyl (C=O) groups excluding carboxylic acids is 1. The number of carbonyl (C=O) groups is 1. The maximum atomic E-state index is 12.7. The summed E-state index contributed by atoms with van der Waals surface area (Å²) in [5.41, 5.74) is 1.54. The highest BCUT2D eigenvalue weighted by Gasteiger charge is 2.35. The van der Waals surface area contributed by atoms with Crippen LogP contribution in [0.15, 0.2) is 47.0 Å². The van der Waals surface area contributed by atoms with Crippen molar-refractivity contribution in [2.75, 3.05) is 32.3 Å².